The normalized spacial score (nSPS) is 10.2. The minimum atomic E-state index is -0.661. The summed E-state index contributed by atoms with van der Waals surface area (Å²) in [5, 5.41) is 3.64. The molecular weight excluding hydrogens is 241 g/mol. The Bertz CT molecular complexity index is 541. The highest BCUT2D eigenvalue weighted by Gasteiger charge is 2.07. The number of carbonyl (C=O) groups excluding carboxylic acids is 1. The molecule has 17 heavy (non-hydrogen) atoms. The molecule has 1 N–H and O–H groups in total. The molecule has 0 aromatic carbocycles. The number of aromatic nitrogens is 2. The number of halogens is 1. The number of rotatable bonds is 3. The summed E-state index contributed by atoms with van der Waals surface area (Å²) in [6, 6.07) is 2.57. The first-order chi connectivity index (χ1) is 8.15. The van der Waals surface area contributed by atoms with Crippen molar-refractivity contribution in [2.45, 2.75) is 13.5 Å². The summed E-state index contributed by atoms with van der Waals surface area (Å²) in [6.07, 6.45) is 2.98. The van der Waals surface area contributed by atoms with Gasteiger partial charge < -0.3 is 5.32 Å². The predicted molar refractivity (Wildman–Crippen MR) is 62.2 cm³/mol. The summed E-state index contributed by atoms with van der Waals surface area (Å²) in [6.45, 7) is 2.29. The summed E-state index contributed by atoms with van der Waals surface area (Å²) in [5.74, 6) is -0.983. The Hall–Kier alpha value is -1.82. The fourth-order valence-electron chi connectivity index (χ4n) is 1.30. The zero-order valence-electron chi connectivity index (χ0n) is 9.11. The van der Waals surface area contributed by atoms with Crippen molar-refractivity contribution in [3.63, 3.8) is 0 Å². The van der Waals surface area contributed by atoms with Crippen LogP contribution in [0.15, 0.2) is 24.5 Å². The number of amides is 1. The van der Waals surface area contributed by atoms with Gasteiger partial charge in [0.05, 0.1) is 11.6 Å². The molecule has 0 saturated carbocycles. The largest absolute Gasteiger partial charge is 0.347 e. The Balaban J connectivity index is 1.98. The number of nitrogens with zero attached hydrogens (tertiary/aromatic N) is 2. The molecule has 1 amide bonds. The van der Waals surface area contributed by atoms with Gasteiger partial charge in [-0.15, -0.1) is 11.3 Å². The lowest BCUT2D eigenvalue weighted by Gasteiger charge is -2.02. The van der Waals surface area contributed by atoms with Gasteiger partial charge in [0.25, 0.3) is 5.91 Å². The minimum absolute atomic E-state index is 0.263. The van der Waals surface area contributed by atoms with E-state index in [2.05, 4.69) is 15.3 Å². The van der Waals surface area contributed by atoms with Crippen LogP contribution in [0, 0.1) is 12.9 Å². The van der Waals surface area contributed by atoms with Crippen LogP contribution in [0.25, 0.3) is 0 Å². The fourth-order valence-corrected chi connectivity index (χ4v) is 2.03. The SMILES string of the molecule is Cc1ncc(CNC(=O)c2ccnc(F)c2)s1. The Morgan fingerprint density at radius 3 is 3.00 bits per heavy atom. The third-order valence-corrected chi connectivity index (χ3v) is 2.99. The van der Waals surface area contributed by atoms with E-state index < -0.39 is 5.95 Å². The molecule has 0 radical (unpaired) electrons. The molecule has 0 aliphatic carbocycles. The number of hydrogen-bond donors (Lipinski definition) is 1. The van der Waals surface area contributed by atoms with Crippen LogP contribution in [0.2, 0.25) is 0 Å². The van der Waals surface area contributed by atoms with Crippen molar-refractivity contribution >= 4 is 17.2 Å². The predicted octanol–water partition coefficient (Wildman–Crippen LogP) is 1.92. The summed E-state index contributed by atoms with van der Waals surface area (Å²) in [5.41, 5.74) is 0.263. The molecule has 6 heteroatoms. The van der Waals surface area contributed by atoms with Crippen molar-refractivity contribution in [2.75, 3.05) is 0 Å². The van der Waals surface area contributed by atoms with Gasteiger partial charge in [-0.1, -0.05) is 0 Å². The second kappa shape index (κ2) is 5.01. The van der Waals surface area contributed by atoms with Crippen molar-refractivity contribution in [3.05, 3.63) is 45.9 Å². The first-order valence-corrected chi connectivity index (χ1v) is 5.78. The van der Waals surface area contributed by atoms with Crippen molar-refractivity contribution < 1.29 is 9.18 Å². The molecule has 0 bridgehead atoms. The number of hydrogen-bond acceptors (Lipinski definition) is 4. The average molecular weight is 251 g/mol. The maximum absolute atomic E-state index is 12.8. The van der Waals surface area contributed by atoms with Gasteiger partial charge in [-0.3, -0.25) is 4.79 Å². The van der Waals surface area contributed by atoms with Gasteiger partial charge >= 0.3 is 0 Å². The third-order valence-electron chi connectivity index (χ3n) is 2.08. The van der Waals surface area contributed by atoms with E-state index in [1.165, 1.54) is 23.6 Å². The number of nitrogens with one attached hydrogen (secondary N) is 1. The Labute approximate surface area is 102 Å². The first kappa shape index (κ1) is 11.7. The lowest BCUT2D eigenvalue weighted by molar-refractivity contribution is 0.0950. The molecule has 2 heterocycles. The zero-order valence-corrected chi connectivity index (χ0v) is 9.92. The molecule has 0 spiro atoms. The van der Waals surface area contributed by atoms with Crippen LogP contribution in [-0.2, 0) is 6.54 Å². The summed E-state index contributed by atoms with van der Waals surface area (Å²) in [7, 11) is 0. The highest BCUT2D eigenvalue weighted by Crippen LogP contribution is 2.11. The second-order valence-corrected chi connectivity index (χ2v) is 4.71. The van der Waals surface area contributed by atoms with Gasteiger partial charge in [0.15, 0.2) is 0 Å². The smallest absolute Gasteiger partial charge is 0.251 e. The molecule has 2 aromatic rings. The molecule has 0 aliphatic rings. The first-order valence-electron chi connectivity index (χ1n) is 4.96. The summed E-state index contributed by atoms with van der Waals surface area (Å²) in [4.78, 5) is 20.1. The van der Waals surface area contributed by atoms with Gasteiger partial charge in [-0.25, -0.2) is 9.97 Å². The standard InChI is InChI=1S/C11H10FN3OS/c1-7-14-5-9(17-7)6-15-11(16)8-2-3-13-10(12)4-8/h2-5H,6H2,1H3,(H,15,16). The van der Waals surface area contributed by atoms with E-state index in [0.717, 1.165) is 16.0 Å². The van der Waals surface area contributed by atoms with Crippen LogP contribution in [0.1, 0.15) is 20.2 Å². The molecule has 0 atom stereocenters. The average Bonchev–Trinajstić information content (AvgIpc) is 2.72. The van der Waals surface area contributed by atoms with Gasteiger partial charge in [0.1, 0.15) is 0 Å². The van der Waals surface area contributed by atoms with E-state index in [-0.39, 0.29) is 11.5 Å². The number of pyridine rings is 1. The minimum Gasteiger partial charge on any atom is -0.347 e. The molecule has 0 aliphatic heterocycles. The summed E-state index contributed by atoms with van der Waals surface area (Å²) >= 11 is 1.52. The molecule has 2 rings (SSSR count). The van der Waals surface area contributed by atoms with Crippen LogP contribution < -0.4 is 5.32 Å². The van der Waals surface area contributed by atoms with Gasteiger partial charge in [0.2, 0.25) is 5.95 Å². The van der Waals surface area contributed by atoms with Crippen molar-refractivity contribution in [1.29, 1.82) is 0 Å². The highest BCUT2D eigenvalue weighted by atomic mass is 32.1. The number of thiazole rings is 1. The number of carbonyl (C=O) groups is 1. The molecule has 88 valence electrons. The van der Waals surface area contributed by atoms with E-state index in [9.17, 15) is 9.18 Å². The van der Waals surface area contributed by atoms with E-state index in [0.29, 0.717) is 6.54 Å². The van der Waals surface area contributed by atoms with Crippen LogP contribution >= 0.6 is 11.3 Å². The van der Waals surface area contributed by atoms with E-state index in [1.54, 1.807) is 6.20 Å². The van der Waals surface area contributed by atoms with E-state index in [1.807, 2.05) is 6.92 Å². The van der Waals surface area contributed by atoms with Crippen LogP contribution in [0.4, 0.5) is 4.39 Å². The Morgan fingerprint density at radius 1 is 1.53 bits per heavy atom. The maximum Gasteiger partial charge on any atom is 0.251 e. The molecular formula is C11H10FN3OS. The quantitative estimate of drug-likeness (QED) is 0.848. The van der Waals surface area contributed by atoms with Gasteiger partial charge in [-0.05, 0) is 13.0 Å². The molecule has 0 saturated heterocycles. The summed E-state index contributed by atoms with van der Waals surface area (Å²) < 4.78 is 12.8. The zero-order chi connectivity index (χ0) is 12.3. The highest BCUT2D eigenvalue weighted by molar-refractivity contribution is 7.11. The molecule has 4 nitrogen and oxygen atoms in total. The lowest BCUT2D eigenvalue weighted by Crippen LogP contribution is -2.22. The van der Waals surface area contributed by atoms with Crippen molar-refractivity contribution in [1.82, 2.24) is 15.3 Å². The second-order valence-electron chi connectivity index (χ2n) is 3.40. The van der Waals surface area contributed by atoms with Crippen LogP contribution in [0.5, 0.6) is 0 Å². The Morgan fingerprint density at radius 2 is 2.35 bits per heavy atom. The third kappa shape index (κ3) is 3.07. The van der Waals surface area contributed by atoms with Crippen LogP contribution in [-0.4, -0.2) is 15.9 Å². The van der Waals surface area contributed by atoms with Crippen molar-refractivity contribution in [2.24, 2.45) is 0 Å². The molecule has 2 aromatic heterocycles. The van der Waals surface area contributed by atoms with Gasteiger partial charge in [0, 0.05) is 28.9 Å². The lowest BCUT2D eigenvalue weighted by atomic mass is 10.2. The van der Waals surface area contributed by atoms with Gasteiger partial charge in [-0.2, -0.15) is 4.39 Å². The van der Waals surface area contributed by atoms with Crippen molar-refractivity contribution in [3.8, 4) is 0 Å². The Kier molecular flexibility index (Phi) is 3.43. The van der Waals surface area contributed by atoms with E-state index in [4.69, 9.17) is 0 Å². The van der Waals surface area contributed by atoms with E-state index >= 15 is 0 Å². The topological polar surface area (TPSA) is 54.9 Å². The molecule has 0 fully saturated rings. The monoisotopic (exact) mass is 251 g/mol. The maximum atomic E-state index is 12.8. The molecule has 0 unspecified atom stereocenters. The number of aryl methyl sites for hydroxylation is 1. The fraction of sp³-hybridized carbons (Fsp3) is 0.182. The van der Waals surface area contributed by atoms with Crippen LogP contribution in [0.3, 0.4) is 0 Å².